The van der Waals surface area contributed by atoms with Gasteiger partial charge in [-0.25, -0.2) is 0 Å². The van der Waals surface area contributed by atoms with Crippen molar-refractivity contribution in [1.29, 1.82) is 0 Å². The first-order valence-corrected chi connectivity index (χ1v) is 8.30. The Hall–Kier alpha value is -1.05. The van der Waals surface area contributed by atoms with Crippen LogP contribution in [0.3, 0.4) is 0 Å². The SMILES string of the molecule is CCOP(=O)(Cc1cc(C(F)(F)F)cc(C(F)(F)F)c1)OCC. The van der Waals surface area contributed by atoms with Crippen molar-refractivity contribution < 1.29 is 40.0 Å². The van der Waals surface area contributed by atoms with E-state index in [0.29, 0.717) is 12.1 Å². The summed E-state index contributed by atoms with van der Waals surface area (Å²) in [6.45, 7) is 2.86. The average molecular weight is 364 g/mol. The molecule has 0 fully saturated rings. The van der Waals surface area contributed by atoms with E-state index >= 15 is 0 Å². The predicted octanol–water partition coefficient (Wildman–Crippen LogP) is 5.49. The fourth-order valence-corrected chi connectivity index (χ4v) is 3.53. The van der Waals surface area contributed by atoms with Gasteiger partial charge in [-0.1, -0.05) is 0 Å². The summed E-state index contributed by atoms with van der Waals surface area (Å²) in [6, 6.07) is 1.04. The lowest BCUT2D eigenvalue weighted by Crippen LogP contribution is -2.12. The summed E-state index contributed by atoms with van der Waals surface area (Å²) < 4.78 is 98.7. The minimum absolute atomic E-state index is 0.00971. The summed E-state index contributed by atoms with van der Waals surface area (Å²) in [5.41, 5.74) is -3.36. The van der Waals surface area contributed by atoms with Gasteiger partial charge in [-0.2, -0.15) is 26.3 Å². The van der Waals surface area contributed by atoms with Gasteiger partial charge in [-0.15, -0.1) is 0 Å². The zero-order valence-electron chi connectivity index (χ0n) is 12.3. The molecule has 0 aliphatic heterocycles. The monoisotopic (exact) mass is 364 g/mol. The first kappa shape index (κ1) is 20.0. The zero-order chi connectivity index (χ0) is 17.9. The number of hydrogen-bond acceptors (Lipinski definition) is 3. The fraction of sp³-hybridized carbons (Fsp3) is 0.538. The van der Waals surface area contributed by atoms with Crippen LogP contribution in [0.25, 0.3) is 0 Å². The summed E-state index contributed by atoms with van der Waals surface area (Å²) in [5.74, 6) is 0. The van der Waals surface area contributed by atoms with Crippen LogP contribution in [0.5, 0.6) is 0 Å². The molecule has 1 rings (SSSR count). The molecule has 3 nitrogen and oxygen atoms in total. The topological polar surface area (TPSA) is 35.5 Å². The summed E-state index contributed by atoms with van der Waals surface area (Å²) in [6.07, 6.45) is -10.6. The molecule has 0 bridgehead atoms. The molecule has 10 heteroatoms. The van der Waals surface area contributed by atoms with E-state index in [1.165, 1.54) is 13.8 Å². The van der Waals surface area contributed by atoms with Crippen molar-refractivity contribution >= 4 is 7.60 Å². The van der Waals surface area contributed by atoms with Crippen molar-refractivity contribution in [3.63, 3.8) is 0 Å². The number of halogens is 6. The van der Waals surface area contributed by atoms with Crippen LogP contribution < -0.4 is 0 Å². The first-order chi connectivity index (χ1) is 10.4. The maximum atomic E-state index is 12.8. The highest BCUT2D eigenvalue weighted by molar-refractivity contribution is 7.53. The molecule has 0 radical (unpaired) electrons. The quantitative estimate of drug-likeness (QED) is 0.495. The van der Waals surface area contributed by atoms with E-state index in [1.54, 1.807) is 0 Å². The molecule has 1 aromatic rings. The predicted molar refractivity (Wildman–Crippen MR) is 71.0 cm³/mol. The highest BCUT2D eigenvalue weighted by atomic mass is 31.2. The first-order valence-electron chi connectivity index (χ1n) is 6.58. The van der Waals surface area contributed by atoms with Gasteiger partial charge < -0.3 is 9.05 Å². The van der Waals surface area contributed by atoms with Crippen molar-refractivity contribution in [2.45, 2.75) is 32.4 Å². The number of benzene rings is 1. The molecule has 0 saturated carbocycles. The number of hydrogen-bond donors (Lipinski definition) is 0. The molecule has 0 spiro atoms. The second-order valence-electron chi connectivity index (χ2n) is 4.52. The van der Waals surface area contributed by atoms with Gasteiger partial charge in [0, 0.05) is 0 Å². The summed E-state index contributed by atoms with van der Waals surface area (Å²) in [7, 11) is -3.82. The Labute approximate surface area is 129 Å². The summed E-state index contributed by atoms with van der Waals surface area (Å²) in [4.78, 5) is 0. The normalized spacial score (nSPS) is 13.4. The lowest BCUT2D eigenvalue weighted by atomic mass is 10.1. The molecule has 0 aliphatic carbocycles. The zero-order valence-corrected chi connectivity index (χ0v) is 13.2. The molecule has 23 heavy (non-hydrogen) atoms. The van der Waals surface area contributed by atoms with Crippen LogP contribution in [-0.2, 0) is 32.1 Å². The van der Waals surface area contributed by atoms with Gasteiger partial charge in [0.25, 0.3) is 0 Å². The van der Waals surface area contributed by atoms with Gasteiger partial charge in [-0.3, -0.25) is 4.57 Å². The Morgan fingerprint density at radius 2 is 1.26 bits per heavy atom. The minimum atomic E-state index is -4.96. The highest BCUT2D eigenvalue weighted by Gasteiger charge is 2.37. The number of rotatable bonds is 6. The van der Waals surface area contributed by atoms with Crippen LogP contribution in [0.4, 0.5) is 26.3 Å². The molecule has 1 aromatic carbocycles. The Kier molecular flexibility index (Phi) is 6.29. The van der Waals surface area contributed by atoms with E-state index in [4.69, 9.17) is 9.05 Å². The molecule has 0 N–H and O–H groups in total. The van der Waals surface area contributed by atoms with Crippen LogP contribution in [-0.4, -0.2) is 13.2 Å². The maximum absolute atomic E-state index is 12.8. The van der Waals surface area contributed by atoms with Crippen molar-refractivity contribution in [2.75, 3.05) is 13.2 Å². The van der Waals surface area contributed by atoms with Crippen LogP contribution in [0.2, 0.25) is 0 Å². The molecule has 0 heterocycles. The molecule has 132 valence electrons. The Morgan fingerprint density at radius 1 is 0.870 bits per heavy atom. The summed E-state index contributed by atoms with van der Waals surface area (Å²) in [5, 5.41) is 0. The van der Waals surface area contributed by atoms with Gasteiger partial charge in [0.1, 0.15) is 0 Å². The van der Waals surface area contributed by atoms with Gasteiger partial charge in [0.2, 0.25) is 0 Å². The van der Waals surface area contributed by atoms with E-state index in [1.807, 2.05) is 0 Å². The molecule has 0 unspecified atom stereocenters. The van der Waals surface area contributed by atoms with E-state index in [-0.39, 0.29) is 19.3 Å². The minimum Gasteiger partial charge on any atom is -0.309 e. The standard InChI is InChI=1S/C13H15F6O3P/c1-3-21-23(20,22-4-2)8-9-5-10(12(14,15)16)7-11(6-9)13(17,18)19/h5-7H,3-4,8H2,1-2H3. The van der Waals surface area contributed by atoms with Gasteiger partial charge in [0.15, 0.2) is 0 Å². The number of alkyl halides is 6. The van der Waals surface area contributed by atoms with Gasteiger partial charge in [0.05, 0.1) is 30.5 Å². The molecule has 0 amide bonds. The van der Waals surface area contributed by atoms with Crippen LogP contribution >= 0.6 is 7.60 Å². The van der Waals surface area contributed by atoms with Crippen molar-refractivity contribution in [3.05, 3.63) is 34.9 Å². The lowest BCUT2D eigenvalue weighted by Gasteiger charge is -2.19. The van der Waals surface area contributed by atoms with Crippen LogP contribution in [0.15, 0.2) is 18.2 Å². The molecule has 0 aliphatic rings. The third-order valence-electron chi connectivity index (χ3n) is 2.68. The average Bonchev–Trinajstić information content (AvgIpc) is 2.36. The molecular formula is C13H15F6O3P. The molecular weight excluding hydrogens is 349 g/mol. The lowest BCUT2D eigenvalue weighted by molar-refractivity contribution is -0.143. The fourth-order valence-electron chi connectivity index (χ4n) is 1.86. The molecule has 0 saturated heterocycles. The van der Waals surface area contributed by atoms with Crippen LogP contribution in [0, 0.1) is 0 Å². The van der Waals surface area contributed by atoms with Gasteiger partial charge in [-0.05, 0) is 37.6 Å². The van der Waals surface area contributed by atoms with Gasteiger partial charge >= 0.3 is 19.9 Å². The van der Waals surface area contributed by atoms with Crippen molar-refractivity contribution in [3.8, 4) is 0 Å². The Morgan fingerprint density at radius 3 is 1.57 bits per heavy atom. The van der Waals surface area contributed by atoms with Crippen LogP contribution in [0.1, 0.15) is 30.5 Å². The van der Waals surface area contributed by atoms with E-state index in [0.717, 1.165) is 0 Å². The smallest absolute Gasteiger partial charge is 0.309 e. The summed E-state index contributed by atoms with van der Waals surface area (Å²) >= 11 is 0. The second kappa shape index (κ2) is 7.23. The van der Waals surface area contributed by atoms with Crippen molar-refractivity contribution in [2.24, 2.45) is 0 Å². The Bertz CT molecular complexity index is 540. The maximum Gasteiger partial charge on any atom is 0.416 e. The third kappa shape index (κ3) is 5.82. The third-order valence-corrected chi connectivity index (χ3v) is 4.73. The van der Waals surface area contributed by atoms with E-state index in [9.17, 15) is 30.9 Å². The second-order valence-corrected chi connectivity index (χ2v) is 6.57. The van der Waals surface area contributed by atoms with E-state index in [2.05, 4.69) is 0 Å². The molecule has 0 atom stereocenters. The van der Waals surface area contributed by atoms with Crippen molar-refractivity contribution in [1.82, 2.24) is 0 Å². The van der Waals surface area contributed by atoms with E-state index < -0.39 is 42.8 Å². The highest BCUT2D eigenvalue weighted by Crippen LogP contribution is 2.52. The largest absolute Gasteiger partial charge is 0.416 e. The Balaban J connectivity index is 3.32. The molecule has 0 aromatic heterocycles.